The zero-order chi connectivity index (χ0) is 14.5. The summed E-state index contributed by atoms with van der Waals surface area (Å²) in [5.41, 5.74) is 0. The van der Waals surface area contributed by atoms with Crippen LogP contribution in [0.25, 0.3) is 0 Å². The van der Waals surface area contributed by atoms with Crippen LogP contribution >= 0.6 is 0 Å². The molecule has 0 fully saturated rings. The fraction of sp³-hybridized carbons (Fsp3) is 0.364. The molecule has 0 bridgehead atoms. The van der Waals surface area contributed by atoms with E-state index in [1.807, 2.05) is 0 Å². The fourth-order valence-electron chi connectivity index (χ4n) is 1.30. The van der Waals surface area contributed by atoms with E-state index in [0.29, 0.717) is 0 Å². The Bertz CT molecular complexity index is 550. The fourth-order valence-corrected chi connectivity index (χ4v) is 1.93. The second kappa shape index (κ2) is 6.39. The van der Waals surface area contributed by atoms with Crippen LogP contribution in [0.4, 0.5) is 0 Å². The summed E-state index contributed by atoms with van der Waals surface area (Å²) in [6, 6.07) is 3.67. The molecule has 1 rings (SSSR count). The highest BCUT2D eigenvalue weighted by atomic mass is 32.2. The van der Waals surface area contributed by atoms with Crippen LogP contribution in [0.3, 0.4) is 0 Å². The van der Waals surface area contributed by atoms with E-state index in [1.54, 1.807) is 6.92 Å². The first-order chi connectivity index (χ1) is 8.88. The van der Waals surface area contributed by atoms with Gasteiger partial charge in [0.1, 0.15) is 16.4 Å². The van der Waals surface area contributed by atoms with Gasteiger partial charge in [-0.15, -0.1) is 0 Å². The van der Waals surface area contributed by atoms with Crippen molar-refractivity contribution in [1.29, 1.82) is 0 Å². The normalized spacial score (nSPS) is 10.9. The van der Waals surface area contributed by atoms with Gasteiger partial charge in [0.25, 0.3) is 10.1 Å². The first kappa shape index (κ1) is 15.3. The molecule has 1 aromatic rings. The minimum atomic E-state index is -4.37. The molecule has 0 unspecified atom stereocenters. The van der Waals surface area contributed by atoms with Gasteiger partial charge >= 0.3 is 5.97 Å². The molecule has 0 amide bonds. The Labute approximate surface area is 110 Å². The molecular formula is C11H14O7S. The van der Waals surface area contributed by atoms with Crippen molar-refractivity contribution < 1.29 is 32.0 Å². The highest BCUT2D eigenvalue weighted by molar-refractivity contribution is 7.86. The second-order valence-corrected chi connectivity index (χ2v) is 4.77. The maximum Gasteiger partial charge on any atom is 0.344 e. The molecule has 0 aliphatic carbocycles. The van der Waals surface area contributed by atoms with Crippen molar-refractivity contribution in [2.24, 2.45) is 0 Å². The Morgan fingerprint density at radius 2 is 2.05 bits per heavy atom. The van der Waals surface area contributed by atoms with Crippen molar-refractivity contribution in [3.05, 3.63) is 18.2 Å². The number of methoxy groups -OCH3 is 1. The minimum Gasteiger partial charge on any atom is -0.495 e. The number of hydrogen-bond acceptors (Lipinski definition) is 6. The molecule has 0 aliphatic rings. The molecule has 0 saturated carbocycles. The molecule has 0 atom stereocenters. The zero-order valence-electron chi connectivity index (χ0n) is 10.5. The molecule has 0 radical (unpaired) electrons. The van der Waals surface area contributed by atoms with Crippen LogP contribution in [-0.2, 0) is 19.6 Å². The number of benzene rings is 1. The molecule has 0 aliphatic heterocycles. The molecule has 8 heteroatoms. The van der Waals surface area contributed by atoms with Crippen molar-refractivity contribution >= 4 is 16.1 Å². The quantitative estimate of drug-likeness (QED) is 0.613. The number of ether oxygens (including phenoxy) is 3. The van der Waals surface area contributed by atoms with Crippen LogP contribution in [-0.4, -0.2) is 39.3 Å². The van der Waals surface area contributed by atoms with Gasteiger partial charge < -0.3 is 14.2 Å². The molecule has 0 heterocycles. The average Bonchev–Trinajstić information content (AvgIpc) is 2.35. The summed E-state index contributed by atoms with van der Waals surface area (Å²) in [5.74, 6) is -0.401. The number of carbonyl (C=O) groups excluding carboxylic acids is 1. The molecule has 106 valence electrons. The smallest absolute Gasteiger partial charge is 0.344 e. The Kier molecular flexibility index (Phi) is 5.13. The van der Waals surface area contributed by atoms with Crippen LogP contribution in [0.15, 0.2) is 23.1 Å². The maximum atomic E-state index is 11.1. The Balaban J connectivity index is 2.86. The molecule has 0 saturated heterocycles. The molecular weight excluding hydrogens is 276 g/mol. The van der Waals surface area contributed by atoms with Crippen molar-refractivity contribution in [2.45, 2.75) is 11.8 Å². The molecule has 19 heavy (non-hydrogen) atoms. The van der Waals surface area contributed by atoms with Crippen molar-refractivity contribution in [1.82, 2.24) is 0 Å². The van der Waals surface area contributed by atoms with Gasteiger partial charge in [-0.25, -0.2) is 4.79 Å². The van der Waals surface area contributed by atoms with E-state index in [4.69, 9.17) is 14.0 Å². The van der Waals surface area contributed by atoms with Crippen LogP contribution in [0.1, 0.15) is 6.92 Å². The molecule has 7 nitrogen and oxygen atoms in total. The summed E-state index contributed by atoms with van der Waals surface area (Å²) in [5, 5.41) is 0. The van der Waals surface area contributed by atoms with Gasteiger partial charge in [0.2, 0.25) is 0 Å². The van der Waals surface area contributed by atoms with Gasteiger partial charge in [-0.2, -0.15) is 8.42 Å². The monoisotopic (exact) mass is 290 g/mol. The van der Waals surface area contributed by atoms with Crippen molar-refractivity contribution in [3.8, 4) is 11.5 Å². The highest BCUT2D eigenvalue weighted by Crippen LogP contribution is 2.28. The third kappa shape index (κ3) is 4.42. The van der Waals surface area contributed by atoms with Crippen LogP contribution in [0, 0.1) is 0 Å². The summed E-state index contributed by atoms with van der Waals surface area (Å²) in [4.78, 5) is 10.7. The van der Waals surface area contributed by atoms with Crippen LogP contribution < -0.4 is 9.47 Å². The van der Waals surface area contributed by atoms with E-state index in [9.17, 15) is 13.2 Å². The van der Waals surface area contributed by atoms with Gasteiger partial charge in [0.15, 0.2) is 6.61 Å². The summed E-state index contributed by atoms with van der Waals surface area (Å²) in [6.07, 6.45) is 0. The molecule has 1 N–H and O–H groups in total. The van der Waals surface area contributed by atoms with Gasteiger partial charge in [0, 0.05) is 6.07 Å². The number of esters is 1. The van der Waals surface area contributed by atoms with Gasteiger partial charge in [-0.1, -0.05) is 0 Å². The first-order valence-electron chi connectivity index (χ1n) is 5.32. The lowest BCUT2D eigenvalue weighted by Crippen LogP contribution is -2.14. The SMILES string of the molecule is CCOC(=O)COc1ccc(S(=O)(=O)O)c(OC)c1. The standard InChI is InChI=1S/C11H14O7S/c1-3-17-11(12)7-18-8-4-5-10(19(13,14)15)9(6-8)16-2/h4-6H,3,7H2,1-2H3,(H,13,14,15). The second-order valence-electron chi connectivity index (χ2n) is 3.38. The lowest BCUT2D eigenvalue weighted by Gasteiger charge is -2.09. The topological polar surface area (TPSA) is 99.1 Å². The Morgan fingerprint density at radius 3 is 2.58 bits per heavy atom. The Hall–Kier alpha value is -1.80. The van der Waals surface area contributed by atoms with Gasteiger partial charge in [-0.3, -0.25) is 4.55 Å². The summed E-state index contributed by atoms with van der Waals surface area (Å²) in [7, 11) is -3.13. The first-order valence-corrected chi connectivity index (χ1v) is 6.76. The predicted molar refractivity (Wildman–Crippen MR) is 64.9 cm³/mol. The zero-order valence-corrected chi connectivity index (χ0v) is 11.3. The van der Waals surface area contributed by atoms with Crippen molar-refractivity contribution in [2.75, 3.05) is 20.3 Å². The minimum absolute atomic E-state index is 0.0798. The third-order valence-corrected chi connectivity index (χ3v) is 2.97. The largest absolute Gasteiger partial charge is 0.495 e. The maximum absolute atomic E-state index is 11.1. The van der Waals surface area contributed by atoms with Gasteiger partial charge in [0.05, 0.1) is 13.7 Å². The lowest BCUT2D eigenvalue weighted by atomic mass is 10.3. The van der Waals surface area contributed by atoms with E-state index >= 15 is 0 Å². The van der Waals surface area contributed by atoms with Gasteiger partial charge in [-0.05, 0) is 19.1 Å². The third-order valence-electron chi connectivity index (χ3n) is 2.08. The van der Waals surface area contributed by atoms with E-state index in [0.717, 1.165) is 6.07 Å². The highest BCUT2D eigenvalue weighted by Gasteiger charge is 2.17. The van der Waals surface area contributed by atoms with Crippen LogP contribution in [0.2, 0.25) is 0 Å². The predicted octanol–water partition coefficient (Wildman–Crippen LogP) is 0.884. The van der Waals surface area contributed by atoms with E-state index < -0.39 is 16.1 Å². The Morgan fingerprint density at radius 1 is 1.37 bits per heavy atom. The molecule has 0 aromatic heterocycles. The number of rotatable bonds is 6. The molecule has 0 spiro atoms. The van der Waals surface area contributed by atoms with E-state index in [2.05, 4.69) is 4.74 Å². The van der Waals surface area contributed by atoms with E-state index in [1.165, 1.54) is 19.2 Å². The van der Waals surface area contributed by atoms with E-state index in [-0.39, 0.29) is 29.6 Å². The summed E-state index contributed by atoms with van der Waals surface area (Å²) >= 11 is 0. The van der Waals surface area contributed by atoms with Crippen molar-refractivity contribution in [3.63, 3.8) is 0 Å². The summed E-state index contributed by atoms with van der Waals surface area (Å²) < 4.78 is 45.6. The lowest BCUT2D eigenvalue weighted by molar-refractivity contribution is -0.145. The number of hydrogen-bond donors (Lipinski definition) is 1. The summed E-state index contributed by atoms with van der Waals surface area (Å²) in [6.45, 7) is 1.61. The average molecular weight is 290 g/mol. The van der Waals surface area contributed by atoms with Crippen LogP contribution in [0.5, 0.6) is 11.5 Å². The molecule has 1 aromatic carbocycles. The number of carbonyl (C=O) groups is 1.